The van der Waals surface area contributed by atoms with Gasteiger partial charge in [-0.2, -0.15) is 28.6 Å². The van der Waals surface area contributed by atoms with Gasteiger partial charge in [0.25, 0.3) is 0 Å². The number of ketones is 1. The smallest absolute Gasteiger partial charge is 0.294 e. The van der Waals surface area contributed by atoms with Crippen LogP contribution in [0.5, 0.6) is 0 Å². The predicted octanol–water partition coefficient (Wildman–Crippen LogP) is 3.59. The maximum absolute atomic E-state index is 13.6. The van der Waals surface area contributed by atoms with Crippen molar-refractivity contribution < 1.29 is 18.0 Å². The highest BCUT2D eigenvalue weighted by Gasteiger charge is 2.53. The van der Waals surface area contributed by atoms with Crippen molar-refractivity contribution in [3.63, 3.8) is 0 Å². The van der Waals surface area contributed by atoms with Gasteiger partial charge in [0.2, 0.25) is 0 Å². The maximum atomic E-state index is 13.6. The number of carbonyl (C=O) groups is 1. The first-order valence-electron chi connectivity index (χ1n) is 7.55. The average Bonchev–Trinajstić information content (AvgIpc) is 3.07. The predicted molar refractivity (Wildman–Crippen MR) is 77.5 cm³/mol. The van der Waals surface area contributed by atoms with Crippen molar-refractivity contribution in [2.45, 2.75) is 38.8 Å². The Bertz CT molecular complexity index is 865. The first kappa shape index (κ1) is 14.4. The Labute approximate surface area is 129 Å². The summed E-state index contributed by atoms with van der Waals surface area (Å²) in [6.07, 6.45) is -3.20. The van der Waals surface area contributed by atoms with Gasteiger partial charge in [-0.1, -0.05) is 13.0 Å². The number of rotatable bonds is 1. The number of nitrogens with one attached hydrogen (secondary N) is 1. The van der Waals surface area contributed by atoms with Gasteiger partial charge >= 0.3 is 6.18 Å². The molecule has 0 unspecified atom stereocenters. The summed E-state index contributed by atoms with van der Waals surface area (Å²) < 4.78 is 40.7. The second kappa shape index (κ2) is 4.43. The van der Waals surface area contributed by atoms with Crippen molar-refractivity contribution in [3.05, 3.63) is 28.8 Å². The number of allylic oxidation sites excluding steroid dienone is 2. The van der Waals surface area contributed by atoms with E-state index < -0.39 is 22.9 Å². The Balaban J connectivity index is 2.10. The lowest BCUT2D eigenvalue weighted by atomic mass is 9.68. The van der Waals surface area contributed by atoms with Gasteiger partial charge in [-0.15, -0.1) is 0 Å². The van der Waals surface area contributed by atoms with Crippen LogP contribution in [0.15, 0.2) is 17.7 Å². The Morgan fingerprint density at radius 3 is 2.78 bits per heavy atom. The standard InChI is InChI=1S/C16H14F3N3O/c1-2-15-6-5-11(23)13(16(17,18)19)12(15)8-3-4-10-14(9(8)7-15)21-22-20-10/h3-4H,2,5-7H2,1H3,(H,20,21,22)/t15-/m0/s1. The molecule has 1 heterocycles. The van der Waals surface area contributed by atoms with E-state index in [0.29, 0.717) is 35.9 Å². The highest BCUT2D eigenvalue weighted by atomic mass is 19.4. The Morgan fingerprint density at radius 2 is 2.09 bits per heavy atom. The number of H-pyrrole nitrogens is 1. The molecule has 4 rings (SSSR count). The number of aromatic nitrogens is 3. The molecule has 2 aliphatic carbocycles. The third-order valence-corrected chi connectivity index (χ3v) is 5.23. The van der Waals surface area contributed by atoms with Gasteiger partial charge in [-0.05, 0) is 42.0 Å². The summed E-state index contributed by atoms with van der Waals surface area (Å²) in [5, 5.41) is 10.6. The molecule has 2 aliphatic rings. The number of nitrogens with zero attached hydrogens (tertiary/aromatic N) is 2. The molecule has 7 heteroatoms. The molecule has 0 radical (unpaired) electrons. The second-order valence-electron chi connectivity index (χ2n) is 6.26. The molecule has 23 heavy (non-hydrogen) atoms. The van der Waals surface area contributed by atoms with Crippen LogP contribution in [-0.2, 0) is 11.2 Å². The zero-order valence-electron chi connectivity index (χ0n) is 12.4. The highest BCUT2D eigenvalue weighted by molar-refractivity contribution is 6.08. The molecule has 0 fully saturated rings. The largest absolute Gasteiger partial charge is 0.420 e. The zero-order valence-corrected chi connectivity index (χ0v) is 12.4. The fourth-order valence-corrected chi connectivity index (χ4v) is 4.10. The fourth-order valence-electron chi connectivity index (χ4n) is 4.10. The number of hydrogen-bond donors (Lipinski definition) is 1. The summed E-state index contributed by atoms with van der Waals surface area (Å²) in [4.78, 5) is 12.1. The van der Waals surface area contributed by atoms with Gasteiger partial charge in [-0.25, -0.2) is 0 Å². The van der Waals surface area contributed by atoms with E-state index in [2.05, 4.69) is 15.4 Å². The summed E-state index contributed by atoms with van der Waals surface area (Å²) in [6, 6.07) is 3.31. The molecule has 2 aromatic rings. The number of hydrogen-bond acceptors (Lipinski definition) is 3. The molecule has 1 N–H and O–H groups in total. The van der Waals surface area contributed by atoms with Crippen LogP contribution >= 0.6 is 0 Å². The van der Waals surface area contributed by atoms with Crippen molar-refractivity contribution in [2.75, 3.05) is 0 Å². The Hall–Kier alpha value is -2.18. The van der Waals surface area contributed by atoms with Gasteiger partial charge in [0.05, 0.1) is 0 Å². The first-order chi connectivity index (χ1) is 10.9. The number of fused-ring (bicyclic) bond motifs is 5. The van der Waals surface area contributed by atoms with Crippen molar-refractivity contribution in [1.82, 2.24) is 15.4 Å². The third kappa shape index (κ3) is 1.82. The topological polar surface area (TPSA) is 58.6 Å². The fraction of sp³-hybridized carbons (Fsp3) is 0.438. The van der Waals surface area contributed by atoms with E-state index in [1.54, 1.807) is 12.1 Å². The van der Waals surface area contributed by atoms with Gasteiger partial charge in [0.1, 0.15) is 16.6 Å². The molecule has 1 aromatic carbocycles. The quantitative estimate of drug-likeness (QED) is 0.873. The third-order valence-electron chi connectivity index (χ3n) is 5.23. The molecule has 0 saturated heterocycles. The maximum Gasteiger partial charge on any atom is 0.420 e. The molecule has 1 aromatic heterocycles. The van der Waals surface area contributed by atoms with Crippen molar-refractivity contribution in [2.24, 2.45) is 5.41 Å². The van der Waals surface area contributed by atoms with E-state index in [4.69, 9.17) is 0 Å². The Morgan fingerprint density at radius 1 is 1.30 bits per heavy atom. The minimum absolute atomic E-state index is 0.0534. The molecule has 1 atom stereocenters. The molecule has 0 aliphatic heterocycles. The average molecular weight is 321 g/mol. The number of carbonyl (C=O) groups excluding carboxylic acids is 1. The molecule has 4 nitrogen and oxygen atoms in total. The lowest BCUT2D eigenvalue weighted by Gasteiger charge is -2.35. The SMILES string of the molecule is CC[C@@]12CCC(=O)C(C(F)(F)F)=C1c1ccc3n[nH]nc3c1C2. The monoisotopic (exact) mass is 321 g/mol. The second-order valence-corrected chi connectivity index (χ2v) is 6.26. The number of benzene rings is 1. The number of halogens is 3. The number of alkyl halides is 3. The lowest BCUT2D eigenvalue weighted by molar-refractivity contribution is -0.130. The van der Waals surface area contributed by atoms with E-state index in [1.807, 2.05) is 6.92 Å². The van der Waals surface area contributed by atoms with E-state index in [-0.39, 0.29) is 12.0 Å². The van der Waals surface area contributed by atoms with Crippen molar-refractivity contribution in [3.8, 4) is 0 Å². The van der Waals surface area contributed by atoms with Gasteiger partial charge in [-0.3, -0.25) is 4.79 Å². The summed E-state index contributed by atoms with van der Waals surface area (Å²) in [6.45, 7) is 1.88. The van der Waals surface area contributed by atoms with E-state index in [1.165, 1.54) is 0 Å². The van der Waals surface area contributed by atoms with Crippen LogP contribution in [0.2, 0.25) is 0 Å². The minimum Gasteiger partial charge on any atom is -0.294 e. The summed E-state index contributed by atoms with van der Waals surface area (Å²) in [7, 11) is 0. The molecule has 0 spiro atoms. The lowest BCUT2D eigenvalue weighted by Crippen LogP contribution is -2.33. The molecular formula is C16H14F3N3O. The summed E-state index contributed by atoms with van der Waals surface area (Å²) in [5.74, 6) is -0.801. The zero-order chi connectivity index (χ0) is 16.4. The van der Waals surface area contributed by atoms with E-state index in [9.17, 15) is 18.0 Å². The molecule has 0 saturated carbocycles. The summed E-state index contributed by atoms with van der Waals surface area (Å²) in [5.41, 5.74) is 1.09. The van der Waals surface area contributed by atoms with Crippen LogP contribution in [0.3, 0.4) is 0 Å². The number of aromatic amines is 1. The molecule has 0 amide bonds. The minimum atomic E-state index is -4.63. The van der Waals surface area contributed by atoms with Crippen LogP contribution in [0.1, 0.15) is 37.3 Å². The van der Waals surface area contributed by atoms with Crippen LogP contribution < -0.4 is 0 Å². The molecule has 0 bridgehead atoms. The Kier molecular flexibility index (Phi) is 2.77. The van der Waals surface area contributed by atoms with Gasteiger partial charge < -0.3 is 0 Å². The first-order valence-corrected chi connectivity index (χ1v) is 7.55. The summed E-state index contributed by atoms with van der Waals surface area (Å²) >= 11 is 0. The number of Topliss-reactive ketones (excluding diaryl/α,β-unsaturated/α-hetero) is 1. The van der Waals surface area contributed by atoms with Crippen LogP contribution in [0.25, 0.3) is 16.6 Å². The van der Waals surface area contributed by atoms with Crippen LogP contribution in [0, 0.1) is 5.41 Å². The molecular weight excluding hydrogens is 307 g/mol. The van der Waals surface area contributed by atoms with E-state index >= 15 is 0 Å². The van der Waals surface area contributed by atoms with Gasteiger partial charge in [0, 0.05) is 11.8 Å². The van der Waals surface area contributed by atoms with Crippen LogP contribution in [0.4, 0.5) is 13.2 Å². The van der Waals surface area contributed by atoms with Crippen molar-refractivity contribution >= 4 is 22.4 Å². The van der Waals surface area contributed by atoms with Gasteiger partial charge in [0.15, 0.2) is 5.78 Å². The van der Waals surface area contributed by atoms with E-state index in [0.717, 1.165) is 5.56 Å². The normalized spacial score (nSPS) is 24.3. The van der Waals surface area contributed by atoms with Crippen molar-refractivity contribution in [1.29, 1.82) is 0 Å². The van der Waals surface area contributed by atoms with Crippen LogP contribution in [-0.4, -0.2) is 27.4 Å². The molecule has 120 valence electrons. The highest BCUT2D eigenvalue weighted by Crippen LogP contribution is 2.58.